The van der Waals surface area contributed by atoms with Crippen LogP contribution in [0.15, 0.2) is 24.3 Å². The molecule has 0 amide bonds. The number of nitro benzene ring substituents is 1. The maximum atomic E-state index is 10.9. The lowest BCUT2D eigenvalue weighted by atomic mass is 10.0. The predicted octanol–water partition coefficient (Wildman–Crippen LogP) is 3.31. The molecular formula is C15H22N2O2. The van der Waals surface area contributed by atoms with Crippen molar-refractivity contribution in [3.63, 3.8) is 0 Å². The van der Waals surface area contributed by atoms with Crippen LogP contribution in [0, 0.1) is 16.0 Å². The van der Waals surface area contributed by atoms with Gasteiger partial charge in [0.05, 0.1) is 4.92 Å². The van der Waals surface area contributed by atoms with Gasteiger partial charge >= 0.3 is 0 Å². The molecule has 1 aliphatic carbocycles. The summed E-state index contributed by atoms with van der Waals surface area (Å²) in [5, 5.41) is 14.5. The van der Waals surface area contributed by atoms with Gasteiger partial charge in [0.15, 0.2) is 0 Å². The van der Waals surface area contributed by atoms with E-state index < -0.39 is 0 Å². The number of benzene rings is 1. The van der Waals surface area contributed by atoms with Gasteiger partial charge in [-0.15, -0.1) is 0 Å². The maximum Gasteiger partial charge on any atom is 0.272 e. The molecule has 0 radical (unpaired) electrons. The zero-order chi connectivity index (χ0) is 13.7. The van der Waals surface area contributed by atoms with Crippen LogP contribution in [0.3, 0.4) is 0 Å². The number of nitro groups is 1. The molecule has 4 heteroatoms. The molecule has 0 saturated heterocycles. The van der Waals surface area contributed by atoms with Crippen LogP contribution in [0.4, 0.5) is 5.69 Å². The average molecular weight is 262 g/mol. The summed E-state index contributed by atoms with van der Waals surface area (Å²) < 4.78 is 0. The molecular weight excluding hydrogens is 240 g/mol. The topological polar surface area (TPSA) is 55.2 Å². The molecule has 1 atom stereocenters. The third-order valence-corrected chi connectivity index (χ3v) is 3.81. The molecule has 104 valence electrons. The minimum absolute atomic E-state index is 0.258. The van der Waals surface area contributed by atoms with Crippen LogP contribution in [0.1, 0.15) is 38.2 Å². The first-order chi connectivity index (χ1) is 9.22. The highest BCUT2D eigenvalue weighted by Crippen LogP contribution is 2.34. The van der Waals surface area contributed by atoms with Gasteiger partial charge < -0.3 is 5.32 Å². The summed E-state index contributed by atoms with van der Waals surface area (Å²) in [7, 11) is 0. The van der Waals surface area contributed by atoms with Gasteiger partial charge in [-0.1, -0.05) is 25.1 Å². The number of aryl methyl sites for hydroxylation is 1. The fraction of sp³-hybridized carbons (Fsp3) is 0.600. The maximum absolute atomic E-state index is 10.9. The Labute approximate surface area is 114 Å². The first-order valence-electron chi connectivity index (χ1n) is 7.18. The van der Waals surface area contributed by atoms with E-state index in [9.17, 15) is 10.1 Å². The van der Waals surface area contributed by atoms with Crippen molar-refractivity contribution < 1.29 is 4.92 Å². The summed E-state index contributed by atoms with van der Waals surface area (Å²) in [6.07, 6.45) is 5.60. The molecule has 1 aromatic rings. The minimum atomic E-state index is -0.280. The third kappa shape index (κ3) is 4.03. The van der Waals surface area contributed by atoms with Crippen molar-refractivity contribution in [3.05, 3.63) is 39.9 Å². The van der Waals surface area contributed by atoms with Crippen molar-refractivity contribution in [1.82, 2.24) is 5.32 Å². The van der Waals surface area contributed by atoms with Crippen molar-refractivity contribution in [2.45, 2.75) is 45.1 Å². The van der Waals surface area contributed by atoms with Gasteiger partial charge in [0.1, 0.15) is 0 Å². The number of para-hydroxylation sites is 1. The van der Waals surface area contributed by atoms with Crippen molar-refractivity contribution >= 4 is 5.69 Å². The Balaban J connectivity index is 1.86. The van der Waals surface area contributed by atoms with Crippen LogP contribution in [-0.2, 0) is 6.42 Å². The van der Waals surface area contributed by atoms with Gasteiger partial charge in [0.25, 0.3) is 5.69 Å². The van der Waals surface area contributed by atoms with Crippen LogP contribution in [0.5, 0.6) is 0 Å². The lowest BCUT2D eigenvalue weighted by Crippen LogP contribution is -2.30. The molecule has 1 aromatic carbocycles. The number of hydrogen-bond donors (Lipinski definition) is 1. The lowest BCUT2D eigenvalue weighted by Gasteiger charge is -2.16. The Hall–Kier alpha value is -1.42. The molecule has 0 aliphatic heterocycles. The summed E-state index contributed by atoms with van der Waals surface area (Å²) in [6.45, 7) is 3.14. The summed E-state index contributed by atoms with van der Waals surface area (Å²) in [5.74, 6) is 0.839. The van der Waals surface area contributed by atoms with Crippen LogP contribution in [0.2, 0.25) is 0 Å². The number of hydrogen-bond acceptors (Lipinski definition) is 3. The Morgan fingerprint density at radius 3 is 2.79 bits per heavy atom. The Morgan fingerprint density at radius 1 is 1.42 bits per heavy atom. The number of nitrogens with one attached hydrogen (secondary N) is 1. The van der Waals surface area contributed by atoms with E-state index in [-0.39, 0.29) is 10.6 Å². The van der Waals surface area contributed by atoms with Gasteiger partial charge in [-0.25, -0.2) is 0 Å². The van der Waals surface area contributed by atoms with Gasteiger partial charge in [-0.05, 0) is 44.6 Å². The SMILES string of the molecule is CCNC(CCCc1ccccc1[N+](=O)[O-])C1CC1. The molecule has 1 aliphatic rings. The molecule has 0 heterocycles. The number of nitrogens with zero attached hydrogens (tertiary/aromatic N) is 1. The van der Waals surface area contributed by atoms with Gasteiger partial charge in [-0.2, -0.15) is 0 Å². The second-order valence-electron chi connectivity index (χ2n) is 5.28. The fourth-order valence-electron chi connectivity index (χ4n) is 2.68. The van der Waals surface area contributed by atoms with Crippen LogP contribution < -0.4 is 5.32 Å². The lowest BCUT2D eigenvalue weighted by molar-refractivity contribution is -0.385. The highest BCUT2D eigenvalue weighted by Gasteiger charge is 2.30. The molecule has 2 rings (SSSR count). The highest BCUT2D eigenvalue weighted by molar-refractivity contribution is 5.39. The Bertz CT molecular complexity index is 430. The van der Waals surface area contributed by atoms with E-state index in [1.165, 1.54) is 12.8 Å². The van der Waals surface area contributed by atoms with E-state index in [2.05, 4.69) is 12.2 Å². The van der Waals surface area contributed by atoms with Crippen molar-refractivity contribution in [2.24, 2.45) is 5.92 Å². The van der Waals surface area contributed by atoms with E-state index in [1.54, 1.807) is 12.1 Å². The van der Waals surface area contributed by atoms with Gasteiger partial charge in [-0.3, -0.25) is 10.1 Å². The van der Waals surface area contributed by atoms with Crippen LogP contribution >= 0.6 is 0 Å². The standard InChI is InChI=1S/C15H22N2O2/c1-2-16-14(12-10-11-12)8-5-7-13-6-3-4-9-15(13)17(18)19/h3-4,6,9,12,14,16H,2,5,7-8,10-11H2,1H3. The average Bonchev–Trinajstić information content (AvgIpc) is 3.22. The summed E-state index contributed by atoms with van der Waals surface area (Å²) >= 11 is 0. The van der Waals surface area contributed by atoms with E-state index >= 15 is 0 Å². The molecule has 1 fully saturated rings. The molecule has 0 bridgehead atoms. The van der Waals surface area contributed by atoms with E-state index in [1.807, 2.05) is 12.1 Å². The summed E-state index contributed by atoms with van der Waals surface area (Å²) in [4.78, 5) is 10.7. The summed E-state index contributed by atoms with van der Waals surface area (Å²) in [5.41, 5.74) is 1.12. The normalized spacial score (nSPS) is 16.3. The smallest absolute Gasteiger partial charge is 0.272 e. The second kappa shape index (κ2) is 6.66. The van der Waals surface area contributed by atoms with E-state index in [0.29, 0.717) is 6.04 Å². The Morgan fingerprint density at radius 2 is 2.16 bits per heavy atom. The molecule has 4 nitrogen and oxygen atoms in total. The molecule has 0 spiro atoms. The Kier molecular flexibility index (Phi) is 4.91. The highest BCUT2D eigenvalue weighted by atomic mass is 16.6. The number of rotatable bonds is 8. The van der Waals surface area contributed by atoms with Gasteiger partial charge in [0.2, 0.25) is 0 Å². The third-order valence-electron chi connectivity index (χ3n) is 3.81. The predicted molar refractivity (Wildman–Crippen MR) is 76.2 cm³/mol. The molecule has 19 heavy (non-hydrogen) atoms. The first kappa shape index (κ1) is 14.0. The van der Waals surface area contributed by atoms with Crippen LogP contribution in [0.25, 0.3) is 0 Å². The second-order valence-corrected chi connectivity index (χ2v) is 5.28. The first-order valence-corrected chi connectivity index (χ1v) is 7.18. The molecule has 0 aromatic heterocycles. The molecule has 1 unspecified atom stereocenters. The zero-order valence-electron chi connectivity index (χ0n) is 11.5. The molecule has 1 N–H and O–H groups in total. The molecule has 1 saturated carbocycles. The minimum Gasteiger partial charge on any atom is -0.314 e. The van der Waals surface area contributed by atoms with Gasteiger partial charge in [0, 0.05) is 17.7 Å². The quantitative estimate of drug-likeness (QED) is 0.577. The van der Waals surface area contributed by atoms with Crippen molar-refractivity contribution in [2.75, 3.05) is 6.54 Å². The monoisotopic (exact) mass is 262 g/mol. The van der Waals surface area contributed by atoms with Crippen molar-refractivity contribution in [3.8, 4) is 0 Å². The van der Waals surface area contributed by atoms with Crippen molar-refractivity contribution in [1.29, 1.82) is 0 Å². The largest absolute Gasteiger partial charge is 0.314 e. The summed E-state index contributed by atoms with van der Waals surface area (Å²) in [6, 6.07) is 7.68. The fourth-order valence-corrected chi connectivity index (χ4v) is 2.68. The van der Waals surface area contributed by atoms with E-state index in [4.69, 9.17) is 0 Å². The van der Waals surface area contributed by atoms with E-state index in [0.717, 1.165) is 37.3 Å². The zero-order valence-corrected chi connectivity index (χ0v) is 11.5. The van der Waals surface area contributed by atoms with Crippen LogP contribution in [-0.4, -0.2) is 17.5 Å².